The molecule has 2 aliphatic rings. The van der Waals surface area contributed by atoms with E-state index in [2.05, 4.69) is 31.2 Å². The van der Waals surface area contributed by atoms with Crippen molar-refractivity contribution in [1.29, 1.82) is 0 Å². The van der Waals surface area contributed by atoms with Crippen LogP contribution >= 0.6 is 0 Å². The summed E-state index contributed by atoms with van der Waals surface area (Å²) < 4.78 is 102. The van der Waals surface area contributed by atoms with Crippen LogP contribution in [0.25, 0.3) is 11.0 Å². The molecular formula is C41H43F5N8O12. The number of benzene rings is 2. The lowest BCUT2D eigenvalue weighted by Crippen LogP contribution is -2.54. The first-order chi connectivity index (χ1) is 31.6. The first-order valence-electron chi connectivity index (χ1n) is 20.3. The molecule has 1 saturated heterocycles. The summed E-state index contributed by atoms with van der Waals surface area (Å²) in [6, 6.07) is 0.550. The molecule has 5 N–H and O–H groups in total. The molecular weight excluding hydrogens is 891 g/mol. The molecule has 0 radical (unpaired) electrons. The number of imide groups is 2. The predicted molar refractivity (Wildman–Crippen MR) is 217 cm³/mol. The third-order valence-electron chi connectivity index (χ3n) is 9.77. The van der Waals surface area contributed by atoms with Crippen LogP contribution in [-0.2, 0) is 33.3 Å². The number of furan rings is 1. The number of urea groups is 1. The number of hydrogen-bond acceptors (Lipinski definition) is 15. The van der Waals surface area contributed by atoms with E-state index in [0.717, 1.165) is 23.4 Å². The number of rotatable bonds is 23. The highest BCUT2D eigenvalue weighted by Crippen LogP contribution is 2.39. The summed E-state index contributed by atoms with van der Waals surface area (Å²) in [4.78, 5) is 83.6. The second-order valence-corrected chi connectivity index (χ2v) is 14.4. The average molecular weight is 935 g/mol. The minimum absolute atomic E-state index is 0.00478. The van der Waals surface area contributed by atoms with Gasteiger partial charge in [0.15, 0.2) is 24.0 Å². The van der Waals surface area contributed by atoms with E-state index in [9.17, 15) is 50.7 Å². The summed E-state index contributed by atoms with van der Waals surface area (Å²) in [5.41, 5.74) is -0.845. The number of nitrogens with one attached hydrogen (secondary N) is 5. The van der Waals surface area contributed by atoms with Gasteiger partial charge in [-0.15, -0.1) is 0 Å². The minimum Gasteiger partial charge on any atom is -0.483 e. The standard InChI is InChI=1S/C41H43F5N8O12/c1-22-26-17-23(42)18-27(43)34(26)66-33(22)35(41(44,45)46)53-40(60)51-24-19-49-39(50-20-24)48-8-10-62-12-14-64-16-15-63-13-11-61-9-7-47-31(56)21-65-29-4-2-3-25-32(29)38(59)54(37(25)58)28-5-6-30(55)52-36(28)57/h2-4,17-20,28,35H,5-16,21H2,1H3,(H,47,56)(H,48,49,50)(H2,51,53,60)(H,52,55,57)/t28?,35-/m1/s1. The molecule has 1 fully saturated rings. The van der Waals surface area contributed by atoms with Crippen LogP contribution in [0.3, 0.4) is 0 Å². The number of nitrogens with zero attached hydrogens (tertiary/aromatic N) is 3. The molecule has 0 spiro atoms. The Bertz CT molecular complexity index is 2420. The number of aryl methyl sites for hydroxylation is 1. The Balaban J connectivity index is 0.755. The van der Waals surface area contributed by atoms with Crippen molar-refractivity contribution in [1.82, 2.24) is 30.8 Å². The first-order valence-corrected chi connectivity index (χ1v) is 20.3. The van der Waals surface area contributed by atoms with Gasteiger partial charge in [-0.25, -0.2) is 23.5 Å². The minimum atomic E-state index is -5.05. The topological polar surface area (TPSA) is 251 Å². The maximum Gasteiger partial charge on any atom is 0.416 e. The lowest BCUT2D eigenvalue weighted by atomic mass is 10.0. The van der Waals surface area contributed by atoms with Gasteiger partial charge in [-0.05, 0) is 31.5 Å². The fourth-order valence-electron chi connectivity index (χ4n) is 6.67. The molecule has 6 rings (SSSR count). The van der Waals surface area contributed by atoms with E-state index >= 15 is 0 Å². The molecule has 7 amide bonds. The molecule has 25 heteroatoms. The molecule has 4 heterocycles. The quantitative estimate of drug-likeness (QED) is 0.0407. The predicted octanol–water partition coefficient (Wildman–Crippen LogP) is 3.31. The number of alkyl halides is 3. The fourth-order valence-corrected chi connectivity index (χ4v) is 6.67. The number of carbonyl (C=O) groups is 6. The lowest BCUT2D eigenvalue weighted by molar-refractivity contribution is -0.158. The first kappa shape index (κ1) is 48.6. The van der Waals surface area contributed by atoms with Crippen LogP contribution in [0.2, 0.25) is 0 Å². The Morgan fingerprint density at radius 2 is 1.56 bits per heavy atom. The Labute approximate surface area is 371 Å². The molecule has 4 aromatic rings. The number of fused-ring (bicyclic) bond motifs is 2. The smallest absolute Gasteiger partial charge is 0.416 e. The largest absolute Gasteiger partial charge is 0.483 e. The molecule has 20 nitrogen and oxygen atoms in total. The molecule has 2 aromatic carbocycles. The highest BCUT2D eigenvalue weighted by molar-refractivity contribution is 6.24. The monoisotopic (exact) mass is 934 g/mol. The zero-order valence-electron chi connectivity index (χ0n) is 35.0. The summed E-state index contributed by atoms with van der Waals surface area (Å²) in [5.74, 6) is -6.02. The van der Waals surface area contributed by atoms with Gasteiger partial charge in [-0.1, -0.05) is 6.07 Å². The van der Waals surface area contributed by atoms with Crippen LogP contribution in [0.15, 0.2) is 47.1 Å². The van der Waals surface area contributed by atoms with E-state index in [1.807, 2.05) is 0 Å². The van der Waals surface area contributed by atoms with E-state index in [4.69, 9.17) is 28.1 Å². The van der Waals surface area contributed by atoms with Crippen molar-refractivity contribution in [3.05, 3.63) is 76.8 Å². The molecule has 66 heavy (non-hydrogen) atoms. The van der Waals surface area contributed by atoms with Gasteiger partial charge >= 0.3 is 12.2 Å². The van der Waals surface area contributed by atoms with Crippen molar-refractivity contribution >= 4 is 58.2 Å². The number of piperidine rings is 1. The van der Waals surface area contributed by atoms with E-state index in [-0.39, 0.29) is 105 Å². The summed E-state index contributed by atoms with van der Waals surface area (Å²) in [6.45, 7) is 3.27. The van der Waals surface area contributed by atoms with Gasteiger partial charge in [0, 0.05) is 36.5 Å². The Morgan fingerprint density at radius 1 is 0.909 bits per heavy atom. The van der Waals surface area contributed by atoms with E-state index < -0.39 is 83.4 Å². The number of ether oxygens (including phenoxy) is 5. The van der Waals surface area contributed by atoms with Crippen LogP contribution in [-0.4, -0.2) is 135 Å². The SMILES string of the molecule is Cc1c([C@@H](NC(=O)Nc2cnc(NCCOCCOCCOCCOCCNC(=O)COc3cccc4c3C(=O)N(C3CCC(=O)NC3=O)C4=O)nc2)C(F)(F)F)oc2c(F)cc(F)cc12. The maximum absolute atomic E-state index is 14.2. The zero-order valence-corrected chi connectivity index (χ0v) is 35.0. The Hall–Kier alpha value is -6.83. The number of halogens is 5. The molecule has 2 atom stereocenters. The normalized spacial score (nSPS) is 15.4. The third kappa shape index (κ3) is 12.5. The second-order valence-electron chi connectivity index (χ2n) is 14.4. The summed E-state index contributed by atoms with van der Waals surface area (Å²) in [5, 5.41) is 11.4. The van der Waals surface area contributed by atoms with Crippen LogP contribution in [0.4, 0.5) is 38.4 Å². The van der Waals surface area contributed by atoms with Crippen LogP contribution in [0.5, 0.6) is 5.75 Å². The van der Waals surface area contributed by atoms with Gasteiger partial charge in [0.1, 0.15) is 23.4 Å². The summed E-state index contributed by atoms with van der Waals surface area (Å²) in [7, 11) is 0. The zero-order chi connectivity index (χ0) is 47.4. The van der Waals surface area contributed by atoms with E-state index in [0.29, 0.717) is 19.3 Å². The molecule has 1 unspecified atom stereocenters. The van der Waals surface area contributed by atoms with Gasteiger partial charge in [-0.3, -0.25) is 34.2 Å². The lowest BCUT2D eigenvalue weighted by Gasteiger charge is -2.27. The van der Waals surface area contributed by atoms with Crippen molar-refractivity contribution in [2.75, 3.05) is 83.2 Å². The molecule has 0 bridgehead atoms. The number of anilines is 2. The van der Waals surface area contributed by atoms with Crippen molar-refractivity contribution in [2.45, 2.75) is 38.0 Å². The second kappa shape index (κ2) is 22.4. The van der Waals surface area contributed by atoms with E-state index in [1.54, 1.807) is 5.32 Å². The van der Waals surface area contributed by atoms with Crippen LogP contribution in [0, 0.1) is 18.6 Å². The fraction of sp³-hybridized carbons (Fsp3) is 0.415. The van der Waals surface area contributed by atoms with Gasteiger partial charge in [0.2, 0.25) is 17.8 Å². The number of hydrogen-bond donors (Lipinski definition) is 5. The molecule has 2 aromatic heterocycles. The van der Waals surface area contributed by atoms with Crippen LogP contribution < -0.4 is 31.3 Å². The number of carbonyl (C=O) groups excluding carboxylic acids is 6. The van der Waals surface area contributed by atoms with Crippen molar-refractivity contribution in [3.8, 4) is 5.75 Å². The highest BCUT2D eigenvalue weighted by atomic mass is 19.4. The van der Waals surface area contributed by atoms with Gasteiger partial charge < -0.3 is 49.4 Å². The third-order valence-corrected chi connectivity index (χ3v) is 9.77. The molecule has 0 saturated carbocycles. The number of amides is 7. The van der Waals surface area contributed by atoms with Gasteiger partial charge in [0.25, 0.3) is 17.7 Å². The summed E-state index contributed by atoms with van der Waals surface area (Å²) >= 11 is 0. The van der Waals surface area contributed by atoms with Crippen molar-refractivity contribution in [3.63, 3.8) is 0 Å². The maximum atomic E-state index is 14.2. The van der Waals surface area contributed by atoms with Crippen LogP contribution in [0.1, 0.15) is 50.9 Å². The van der Waals surface area contributed by atoms with Crippen molar-refractivity contribution < 1.29 is 78.8 Å². The average Bonchev–Trinajstić information content (AvgIpc) is 3.73. The number of aromatic nitrogens is 2. The highest BCUT2D eigenvalue weighted by Gasteiger charge is 2.47. The van der Waals surface area contributed by atoms with Gasteiger partial charge in [0.05, 0.1) is 82.1 Å². The van der Waals surface area contributed by atoms with Crippen molar-refractivity contribution in [2.24, 2.45) is 0 Å². The molecule has 354 valence electrons. The Morgan fingerprint density at radius 3 is 2.21 bits per heavy atom. The van der Waals surface area contributed by atoms with Gasteiger partial charge in [-0.2, -0.15) is 13.2 Å². The summed E-state index contributed by atoms with van der Waals surface area (Å²) in [6.07, 6.45) is -2.75. The molecule has 2 aliphatic heterocycles. The van der Waals surface area contributed by atoms with E-state index in [1.165, 1.54) is 25.1 Å². The molecule has 0 aliphatic carbocycles. The Kier molecular flexibility index (Phi) is 16.5.